The van der Waals surface area contributed by atoms with Crippen LogP contribution in [-0.4, -0.2) is 35.9 Å². The number of nitrogens with one attached hydrogen (secondary N) is 1. The fraction of sp³-hybridized carbons (Fsp3) is 0.909. The van der Waals surface area contributed by atoms with E-state index in [1.54, 1.807) is 0 Å². The van der Waals surface area contributed by atoms with Crippen molar-refractivity contribution in [3.8, 4) is 0 Å². The summed E-state index contributed by atoms with van der Waals surface area (Å²) < 4.78 is 5.14. The molecular weight excluding hydrogens is 194 g/mol. The van der Waals surface area contributed by atoms with Crippen LogP contribution in [0.3, 0.4) is 0 Å². The molecule has 0 unspecified atom stereocenters. The Balaban J connectivity index is 3.79. The van der Waals surface area contributed by atoms with E-state index in [-0.39, 0.29) is 18.6 Å². The summed E-state index contributed by atoms with van der Waals surface area (Å²) in [6.45, 7) is 7.91. The highest BCUT2D eigenvalue weighted by molar-refractivity contribution is 5.77. The van der Waals surface area contributed by atoms with Crippen LogP contribution in [0.15, 0.2) is 0 Å². The molecule has 0 saturated carbocycles. The van der Waals surface area contributed by atoms with Gasteiger partial charge in [0.25, 0.3) is 0 Å². The molecule has 0 rings (SSSR count). The molecule has 0 aliphatic carbocycles. The molecule has 4 heteroatoms. The Labute approximate surface area is 92.0 Å². The van der Waals surface area contributed by atoms with Gasteiger partial charge >= 0.3 is 0 Å². The minimum atomic E-state index is -0.784. The first-order valence-corrected chi connectivity index (χ1v) is 5.54. The number of amides is 1. The topological polar surface area (TPSA) is 58.6 Å². The van der Waals surface area contributed by atoms with Crippen LogP contribution in [0.4, 0.5) is 0 Å². The average molecular weight is 217 g/mol. The molecule has 0 aromatic heterocycles. The van der Waals surface area contributed by atoms with Crippen LogP contribution >= 0.6 is 0 Å². The maximum atomic E-state index is 11.3. The number of hydrogen-bond donors (Lipinski definition) is 2. The highest BCUT2D eigenvalue weighted by atomic mass is 16.5. The number of rotatable bonds is 7. The van der Waals surface area contributed by atoms with Crippen molar-refractivity contribution < 1.29 is 14.6 Å². The second kappa shape index (κ2) is 6.80. The quantitative estimate of drug-likeness (QED) is 0.671. The van der Waals surface area contributed by atoms with E-state index in [0.29, 0.717) is 19.4 Å². The molecule has 0 aromatic rings. The molecule has 0 aliphatic heterocycles. The zero-order chi connectivity index (χ0) is 11.9. The van der Waals surface area contributed by atoms with E-state index in [2.05, 4.69) is 5.32 Å². The summed E-state index contributed by atoms with van der Waals surface area (Å²) in [4.78, 5) is 11.3. The first kappa shape index (κ1) is 14.4. The summed E-state index contributed by atoms with van der Waals surface area (Å²) in [5, 5.41) is 12.6. The van der Waals surface area contributed by atoms with E-state index >= 15 is 0 Å². The lowest BCUT2D eigenvalue weighted by molar-refractivity contribution is -0.128. The molecule has 0 heterocycles. The highest BCUT2D eigenvalue weighted by Gasteiger charge is 2.22. The number of aliphatic hydroxyl groups is 1. The number of ether oxygens (including phenoxy) is 1. The van der Waals surface area contributed by atoms with Gasteiger partial charge in [0.15, 0.2) is 0 Å². The largest absolute Gasteiger partial charge is 0.388 e. The predicted molar refractivity (Wildman–Crippen MR) is 59.6 cm³/mol. The van der Waals surface area contributed by atoms with Gasteiger partial charge in [0, 0.05) is 6.54 Å². The Hall–Kier alpha value is -0.610. The van der Waals surface area contributed by atoms with Gasteiger partial charge < -0.3 is 15.2 Å². The molecule has 0 saturated heterocycles. The Morgan fingerprint density at radius 2 is 1.93 bits per heavy atom. The second-order valence-electron chi connectivity index (χ2n) is 4.07. The summed E-state index contributed by atoms with van der Waals surface area (Å²) >= 11 is 0. The molecule has 15 heavy (non-hydrogen) atoms. The van der Waals surface area contributed by atoms with Crippen molar-refractivity contribution in [3.05, 3.63) is 0 Å². The molecule has 0 radical (unpaired) electrons. The van der Waals surface area contributed by atoms with Gasteiger partial charge in [-0.05, 0) is 26.7 Å². The third kappa shape index (κ3) is 6.47. The van der Waals surface area contributed by atoms with Crippen LogP contribution < -0.4 is 5.32 Å². The maximum absolute atomic E-state index is 11.3. The van der Waals surface area contributed by atoms with Crippen LogP contribution in [0.25, 0.3) is 0 Å². The zero-order valence-corrected chi connectivity index (χ0v) is 10.2. The van der Waals surface area contributed by atoms with Gasteiger partial charge in [-0.2, -0.15) is 0 Å². The van der Waals surface area contributed by atoms with Crippen molar-refractivity contribution in [3.63, 3.8) is 0 Å². The van der Waals surface area contributed by atoms with Crippen molar-refractivity contribution in [2.45, 2.75) is 52.2 Å². The van der Waals surface area contributed by atoms with Crippen molar-refractivity contribution in [1.82, 2.24) is 5.32 Å². The Morgan fingerprint density at radius 1 is 1.40 bits per heavy atom. The summed E-state index contributed by atoms with van der Waals surface area (Å²) in [7, 11) is 0. The molecule has 0 aliphatic rings. The van der Waals surface area contributed by atoms with Crippen molar-refractivity contribution >= 4 is 5.91 Å². The second-order valence-corrected chi connectivity index (χ2v) is 4.07. The van der Waals surface area contributed by atoms with Crippen LogP contribution in [0.2, 0.25) is 0 Å². The molecule has 0 spiro atoms. The lowest BCUT2D eigenvalue weighted by Crippen LogP contribution is -2.43. The summed E-state index contributed by atoms with van der Waals surface area (Å²) in [6.07, 6.45) is 1.32. The van der Waals surface area contributed by atoms with Gasteiger partial charge in [-0.1, -0.05) is 13.8 Å². The molecule has 0 bridgehead atoms. The smallest absolute Gasteiger partial charge is 0.246 e. The van der Waals surface area contributed by atoms with E-state index in [4.69, 9.17) is 4.74 Å². The number of carbonyl (C=O) groups is 1. The third-order valence-electron chi connectivity index (χ3n) is 2.48. The highest BCUT2D eigenvalue weighted by Crippen LogP contribution is 2.12. The summed E-state index contributed by atoms with van der Waals surface area (Å²) in [5.41, 5.74) is -0.784. The van der Waals surface area contributed by atoms with Gasteiger partial charge in [-0.3, -0.25) is 4.79 Å². The number of carbonyl (C=O) groups excluding carboxylic acids is 1. The molecule has 0 aromatic carbocycles. The van der Waals surface area contributed by atoms with Crippen molar-refractivity contribution in [1.29, 1.82) is 0 Å². The number of hydrogen-bond acceptors (Lipinski definition) is 3. The monoisotopic (exact) mass is 217 g/mol. The third-order valence-corrected chi connectivity index (χ3v) is 2.48. The van der Waals surface area contributed by atoms with Gasteiger partial charge in [-0.25, -0.2) is 0 Å². The fourth-order valence-electron chi connectivity index (χ4n) is 1.06. The molecule has 1 amide bonds. The van der Waals surface area contributed by atoms with Crippen molar-refractivity contribution in [2.24, 2.45) is 0 Å². The minimum Gasteiger partial charge on any atom is -0.388 e. The van der Waals surface area contributed by atoms with Crippen molar-refractivity contribution in [2.75, 3.05) is 13.2 Å². The van der Waals surface area contributed by atoms with E-state index in [1.807, 2.05) is 27.7 Å². The summed E-state index contributed by atoms with van der Waals surface area (Å²) in [6, 6.07) is 0. The SMILES string of the molecule is CCC(O)(CC)CNC(=O)COC(C)C. The van der Waals surface area contributed by atoms with Crippen LogP contribution in [0.5, 0.6) is 0 Å². The van der Waals surface area contributed by atoms with Gasteiger partial charge in [0.05, 0.1) is 11.7 Å². The molecule has 0 fully saturated rings. The molecule has 0 atom stereocenters. The Bertz CT molecular complexity index is 188. The molecule has 4 nitrogen and oxygen atoms in total. The van der Waals surface area contributed by atoms with Gasteiger partial charge in [0.1, 0.15) is 6.61 Å². The van der Waals surface area contributed by atoms with Gasteiger partial charge in [0.2, 0.25) is 5.91 Å². The molecule has 90 valence electrons. The lowest BCUT2D eigenvalue weighted by Gasteiger charge is -2.25. The van der Waals surface area contributed by atoms with Crippen LogP contribution in [-0.2, 0) is 9.53 Å². The van der Waals surface area contributed by atoms with Gasteiger partial charge in [-0.15, -0.1) is 0 Å². The van der Waals surface area contributed by atoms with E-state index in [9.17, 15) is 9.90 Å². The minimum absolute atomic E-state index is 0.0481. The molecular formula is C11H23NO3. The Kier molecular flexibility index (Phi) is 6.52. The van der Waals surface area contributed by atoms with Crippen LogP contribution in [0, 0.1) is 0 Å². The van der Waals surface area contributed by atoms with E-state index in [0.717, 1.165) is 0 Å². The normalized spacial score (nSPS) is 11.9. The zero-order valence-electron chi connectivity index (χ0n) is 10.2. The maximum Gasteiger partial charge on any atom is 0.246 e. The van der Waals surface area contributed by atoms with Crippen LogP contribution in [0.1, 0.15) is 40.5 Å². The predicted octanol–water partition coefficient (Wildman–Crippen LogP) is 1.08. The summed E-state index contributed by atoms with van der Waals surface area (Å²) in [5.74, 6) is -0.177. The molecule has 2 N–H and O–H groups in total. The lowest BCUT2D eigenvalue weighted by atomic mass is 9.98. The first-order chi connectivity index (χ1) is 6.93. The fourth-order valence-corrected chi connectivity index (χ4v) is 1.06. The standard InChI is InChI=1S/C11H23NO3/c1-5-11(14,6-2)8-12-10(13)7-15-9(3)4/h9,14H,5-8H2,1-4H3,(H,12,13). The van der Waals surface area contributed by atoms with E-state index < -0.39 is 5.60 Å². The first-order valence-electron chi connectivity index (χ1n) is 5.54. The van der Waals surface area contributed by atoms with E-state index in [1.165, 1.54) is 0 Å². The average Bonchev–Trinajstić information content (AvgIpc) is 2.23. The Morgan fingerprint density at radius 3 is 2.33 bits per heavy atom.